The van der Waals surface area contributed by atoms with Gasteiger partial charge >= 0.3 is 0 Å². The second kappa shape index (κ2) is 4.24. The molecule has 2 aliphatic rings. The third-order valence-corrected chi connectivity index (χ3v) is 4.51. The van der Waals surface area contributed by atoms with Gasteiger partial charge in [0.05, 0.1) is 0 Å². The summed E-state index contributed by atoms with van der Waals surface area (Å²) >= 11 is 1.79. The number of nitrogens with zero attached hydrogens (tertiary/aromatic N) is 1. The van der Waals surface area contributed by atoms with Gasteiger partial charge in [-0.3, -0.25) is 0 Å². The van der Waals surface area contributed by atoms with Crippen molar-refractivity contribution in [2.24, 2.45) is 5.92 Å². The molecule has 0 aliphatic carbocycles. The van der Waals surface area contributed by atoms with Gasteiger partial charge in [-0.15, -0.1) is 0 Å². The maximum absolute atomic E-state index is 3.73. The van der Waals surface area contributed by atoms with Crippen LogP contribution in [0.3, 0.4) is 0 Å². The van der Waals surface area contributed by atoms with Crippen LogP contribution in [0.25, 0.3) is 0 Å². The van der Waals surface area contributed by atoms with E-state index in [0.717, 1.165) is 18.5 Å². The molecular formula is C12H18N2S. The Kier molecular flexibility index (Phi) is 2.77. The Balaban J connectivity index is 1.55. The molecule has 0 spiro atoms. The normalized spacial score (nSPS) is 34.5. The summed E-state index contributed by atoms with van der Waals surface area (Å²) in [6.07, 6.45) is 2.75. The van der Waals surface area contributed by atoms with E-state index in [1.807, 2.05) is 0 Å². The Morgan fingerprint density at radius 1 is 1.40 bits per heavy atom. The minimum Gasteiger partial charge on any atom is -0.310 e. The molecule has 3 heteroatoms. The molecule has 2 bridgehead atoms. The summed E-state index contributed by atoms with van der Waals surface area (Å²) in [6.45, 7) is 5.03. The molecule has 3 heterocycles. The minimum atomic E-state index is 0.767. The first kappa shape index (κ1) is 9.82. The first-order valence-corrected chi connectivity index (χ1v) is 6.83. The fourth-order valence-corrected chi connectivity index (χ4v) is 3.53. The maximum Gasteiger partial charge on any atom is 0.0216 e. The summed E-state index contributed by atoms with van der Waals surface area (Å²) in [4.78, 5) is 2.60. The molecule has 82 valence electrons. The lowest BCUT2D eigenvalue weighted by molar-refractivity contribution is 0.220. The molecule has 15 heavy (non-hydrogen) atoms. The molecule has 1 aromatic heterocycles. The molecular weight excluding hydrogens is 204 g/mol. The van der Waals surface area contributed by atoms with E-state index in [9.17, 15) is 0 Å². The van der Waals surface area contributed by atoms with E-state index < -0.39 is 0 Å². The second-order valence-electron chi connectivity index (χ2n) is 4.76. The van der Waals surface area contributed by atoms with Gasteiger partial charge in [0, 0.05) is 19.1 Å². The van der Waals surface area contributed by atoms with Crippen molar-refractivity contribution in [3.8, 4) is 0 Å². The molecule has 0 aromatic carbocycles. The Morgan fingerprint density at radius 3 is 3.20 bits per heavy atom. The van der Waals surface area contributed by atoms with Crippen LogP contribution in [-0.2, 0) is 6.54 Å². The highest BCUT2D eigenvalue weighted by atomic mass is 32.1. The van der Waals surface area contributed by atoms with Gasteiger partial charge in [0.25, 0.3) is 0 Å². The van der Waals surface area contributed by atoms with Gasteiger partial charge in [0.2, 0.25) is 0 Å². The number of rotatable bonds is 3. The highest BCUT2D eigenvalue weighted by Crippen LogP contribution is 2.27. The van der Waals surface area contributed by atoms with E-state index in [0.29, 0.717) is 0 Å². The lowest BCUT2D eigenvalue weighted by Gasteiger charge is -2.31. The molecule has 2 fully saturated rings. The number of fused-ring (bicyclic) bond motifs is 2. The van der Waals surface area contributed by atoms with Crippen LogP contribution in [-0.4, -0.2) is 30.6 Å². The molecule has 3 atom stereocenters. The van der Waals surface area contributed by atoms with E-state index in [1.54, 1.807) is 11.3 Å². The van der Waals surface area contributed by atoms with E-state index in [-0.39, 0.29) is 0 Å². The first-order chi connectivity index (χ1) is 7.42. The van der Waals surface area contributed by atoms with Crippen LogP contribution in [0.15, 0.2) is 16.8 Å². The molecule has 3 rings (SSSR count). The Bertz CT molecular complexity index is 309. The van der Waals surface area contributed by atoms with E-state index in [2.05, 4.69) is 27.0 Å². The zero-order valence-electron chi connectivity index (χ0n) is 8.98. The van der Waals surface area contributed by atoms with Crippen LogP contribution in [0.2, 0.25) is 0 Å². The summed E-state index contributed by atoms with van der Waals surface area (Å²) < 4.78 is 0. The van der Waals surface area contributed by atoms with Gasteiger partial charge in [0.1, 0.15) is 0 Å². The van der Waals surface area contributed by atoms with Crippen LogP contribution >= 0.6 is 11.3 Å². The molecule has 3 unspecified atom stereocenters. The van der Waals surface area contributed by atoms with Crippen molar-refractivity contribution in [1.82, 2.24) is 10.2 Å². The zero-order valence-corrected chi connectivity index (χ0v) is 9.80. The highest BCUT2D eigenvalue weighted by Gasteiger charge is 2.33. The highest BCUT2D eigenvalue weighted by molar-refractivity contribution is 7.07. The molecule has 2 saturated heterocycles. The average Bonchev–Trinajstić information content (AvgIpc) is 2.88. The van der Waals surface area contributed by atoms with Crippen molar-refractivity contribution in [3.63, 3.8) is 0 Å². The van der Waals surface area contributed by atoms with Crippen LogP contribution in [0, 0.1) is 5.92 Å². The standard InChI is InChI=1S/C12H18N2S/c1-4-14-5-2-12(11(1)8-14)13-7-10-3-6-15-9-10/h3,6,9,11-13H,1-2,4-5,7-8H2. The maximum atomic E-state index is 3.73. The van der Waals surface area contributed by atoms with Gasteiger partial charge in [-0.25, -0.2) is 0 Å². The number of hydrogen-bond donors (Lipinski definition) is 1. The molecule has 1 aromatic rings. The van der Waals surface area contributed by atoms with Gasteiger partial charge in [0.15, 0.2) is 0 Å². The Morgan fingerprint density at radius 2 is 2.33 bits per heavy atom. The monoisotopic (exact) mass is 222 g/mol. The van der Waals surface area contributed by atoms with Crippen LogP contribution in [0.1, 0.15) is 18.4 Å². The number of piperidine rings is 1. The van der Waals surface area contributed by atoms with Crippen LogP contribution < -0.4 is 5.32 Å². The van der Waals surface area contributed by atoms with Crippen LogP contribution in [0.5, 0.6) is 0 Å². The quantitative estimate of drug-likeness (QED) is 0.840. The summed E-state index contributed by atoms with van der Waals surface area (Å²) in [5.74, 6) is 0.914. The van der Waals surface area contributed by atoms with E-state index >= 15 is 0 Å². The molecule has 2 aliphatic heterocycles. The second-order valence-corrected chi connectivity index (χ2v) is 5.54. The predicted octanol–water partition coefficient (Wildman–Crippen LogP) is 1.93. The van der Waals surface area contributed by atoms with Gasteiger partial charge < -0.3 is 10.2 Å². The van der Waals surface area contributed by atoms with Crippen molar-refractivity contribution >= 4 is 11.3 Å². The smallest absolute Gasteiger partial charge is 0.0216 e. The molecule has 2 nitrogen and oxygen atoms in total. The van der Waals surface area contributed by atoms with Gasteiger partial charge in [-0.05, 0) is 54.2 Å². The summed E-state index contributed by atoms with van der Waals surface area (Å²) in [6, 6.07) is 2.99. The predicted molar refractivity (Wildman–Crippen MR) is 64.1 cm³/mol. The summed E-state index contributed by atoms with van der Waals surface area (Å²) in [7, 11) is 0. The Hall–Kier alpha value is -0.380. The molecule has 0 saturated carbocycles. The van der Waals surface area contributed by atoms with Crippen molar-refractivity contribution < 1.29 is 0 Å². The fourth-order valence-electron chi connectivity index (χ4n) is 2.86. The largest absolute Gasteiger partial charge is 0.310 e. The van der Waals surface area contributed by atoms with Crippen molar-refractivity contribution in [1.29, 1.82) is 0 Å². The van der Waals surface area contributed by atoms with E-state index in [1.165, 1.54) is 38.0 Å². The third-order valence-electron chi connectivity index (χ3n) is 3.78. The van der Waals surface area contributed by atoms with Crippen molar-refractivity contribution in [3.05, 3.63) is 22.4 Å². The lowest BCUT2D eigenvalue weighted by Crippen LogP contribution is -2.43. The fraction of sp³-hybridized carbons (Fsp3) is 0.667. The minimum absolute atomic E-state index is 0.767. The molecule has 0 radical (unpaired) electrons. The number of hydrogen-bond acceptors (Lipinski definition) is 3. The van der Waals surface area contributed by atoms with Crippen molar-refractivity contribution in [2.45, 2.75) is 25.4 Å². The Labute approximate surface area is 95.3 Å². The summed E-state index contributed by atoms with van der Waals surface area (Å²) in [5.41, 5.74) is 1.44. The SMILES string of the molecule is c1cc(CNC2CCN3CCC2C3)cs1. The van der Waals surface area contributed by atoms with Crippen LogP contribution in [0.4, 0.5) is 0 Å². The zero-order chi connectivity index (χ0) is 10.1. The topological polar surface area (TPSA) is 15.3 Å². The summed E-state index contributed by atoms with van der Waals surface area (Å²) in [5, 5.41) is 8.14. The molecule has 0 amide bonds. The van der Waals surface area contributed by atoms with Crippen molar-refractivity contribution in [2.75, 3.05) is 19.6 Å². The lowest BCUT2D eigenvalue weighted by atomic mass is 9.94. The first-order valence-electron chi connectivity index (χ1n) is 5.88. The van der Waals surface area contributed by atoms with E-state index in [4.69, 9.17) is 0 Å². The third kappa shape index (κ3) is 2.10. The number of thiophene rings is 1. The van der Waals surface area contributed by atoms with Gasteiger partial charge in [-0.1, -0.05) is 0 Å². The average molecular weight is 222 g/mol. The number of nitrogens with one attached hydrogen (secondary N) is 1. The molecule has 1 N–H and O–H groups in total. The van der Waals surface area contributed by atoms with Gasteiger partial charge in [-0.2, -0.15) is 11.3 Å².